The summed E-state index contributed by atoms with van der Waals surface area (Å²) in [4.78, 5) is 26.5. The van der Waals surface area contributed by atoms with Gasteiger partial charge in [0.15, 0.2) is 0 Å². The van der Waals surface area contributed by atoms with E-state index in [-0.39, 0.29) is 23.6 Å². The van der Waals surface area contributed by atoms with Gasteiger partial charge in [-0.05, 0) is 37.1 Å². The monoisotopic (exact) mass is 510 g/mol. The van der Waals surface area contributed by atoms with Crippen molar-refractivity contribution in [2.75, 3.05) is 25.5 Å². The van der Waals surface area contributed by atoms with Crippen LogP contribution in [0.3, 0.4) is 0 Å². The molecule has 0 aromatic carbocycles. The van der Waals surface area contributed by atoms with Crippen LogP contribution in [0.4, 0.5) is 27.8 Å². The van der Waals surface area contributed by atoms with Gasteiger partial charge in [0.1, 0.15) is 11.5 Å². The van der Waals surface area contributed by atoms with Crippen LogP contribution in [-0.2, 0) is 11.0 Å². The third-order valence-electron chi connectivity index (χ3n) is 5.87. The Balaban J connectivity index is 1.90. The lowest BCUT2D eigenvalue weighted by atomic mass is 9.88. The van der Waals surface area contributed by atoms with Gasteiger partial charge in [-0.15, -0.1) is 0 Å². The van der Waals surface area contributed by atoms with Crippen LogP contribution in [0.2, 0.25) is 0 Å². The maximum Gasteiger partial charge on any atom is 0.417 e. The molecule has 36 heavy (non-hydrogen) atoms. The van der Waals surface area contributed by atoms with Gasteiger partial charge in [0.25, 0.3) is 11.8 Å². The van der Waals surface area contributed by atoms with E-state index in [4.69, 9.17) is 5.73 Å². The summed E-state index contributed by atoms with van der Waals surface area (Å²) in [6, 6.07) is 6.39. The minimum atomic E-state index is -4.53. The van der Waals surface area contributed by atoms with Gasteiger partial charge in [0.2, 0.25) is 0 Å². The second kappa shape index (κ2) is 10.6. The SMILES string of the molecule is CN=CC(=C(N)C(=O)N1CC(F)(F)C[C@@H](C)C1CNc1ccc(C(F)(F)F)cn1)c1cccc(C)n1. The van der Waals surface area contributed by atoms with Gasteiger partial charge < -0.3 is 16.0 Å². The fourth-order valence-corrected chi connectivity index (χ4v) is 4.12. The first-order valence-corrected chi connectivity index (χ1v) is 11.1. The van der Waals surface area contributed by atoms with Crippen LogP contribution in [-0.4, -0.2) is 59.1 Å². The fraction of sp³-hybridized carbons (Fsp3) is 0.417. The highest BCUT2D eigenvalue weighted by atomic mass is 19.4. The summed E-state index contributed by atoms with van der Waals surface area (Å²) < 4.78 is 67.4. The van der Waals surface area contributed by atoms with Crippen LogP contribution in [0.1, 0.15) is 30.3 Å². The highest BCUT2D eigenvalue weighted by molar-refractivity contribution is 6.18. The topological polar surface area (TPSA) is 96.5 Å². The highest BCUT2D eigenvalue weighted by Crippen LogP contribution is 2.35. The average Bonchev–Trinajstić information content (AvgIpc) is 2.80. The van der Waals surface area contributed by atoms with Crippen LogP contribution < -0.4 is 11.1 Å². The zero-order chi connectivity index (χ0) is 26.7. The second-order valence-corrected chi connectivity index (χ2v) is 8.73. The average molecular weight is 511 g/mol. The quantitative estimate of drug-likeness (QED) is 0.346. The Kier molecular flexibility index (Phi) is 7.95. The Hall–Kier alpha value is -3.57. The first-order valence-electron chi connectivity index (χ1n) is 11.1. The summed E-state index contributed by atoms with van der Waals surface area (Å²) in [6.45, 7) is 2.46. The number of aromatic nitrogens is 2. The zero-order valence-corrected chi connectivity index (χ0v) is 20.0. The van der Waals surface area contributed by atoms with Crippen LogP contribution >= 0.6 is 0 Å². The van der Waals surface area contributed by atoms with Gasteiger partial charge in [-0.2, -0.15) is 13.2 Å². The molecule has 2 aromatic heterocycles. The number of aryl methyl sites for hydroxylation is 1. The molecule has 1 fully saturated rings. The molecule has 7 nitrogen and oxygen atoms in total. The van der Waals surface area contributed by atoms with Crippen LogP contribution in [0.25, 0.3) is 5.57 Å². The van der Waals surface area contributed by atoms with Crippen molar-refractivity contribution in [3.05, 3.63) is 59.2 Å². The molecule has 0 bridgehead atoms. The predicted octanol–water partition coefficient (Wildman–Crippen LogP) is 4.16. The zero-order valence-electron chi connectivity index (χ0n) is 20.0. The summed E-state index contributed by atoms with van der Waals surface area (Å²) in [6.07, 6.45) is -2.97. The van der Waals surface area contributed by atoms with Gasteiger partial charge in [0.05, 0.1) is 23.8 Å². The molecular weight excluding hydrogens is 483 g/mol. The number of nitrogens with two attached hydrogens (primary N) is 1. The summed E-state index contributed by atoms with van der Waals surface area (Å²) >= 11 is 0. The lowest BCUT2D eigenvalue weighted by molar-refractivity contribution is -0.148. The van der Waals surface area contributed by atoms with E-state index in [1.807, 2.05) is 0 Å². The van der Waals surface area contributed by atoms with Crippen molar-refractivity contribution >= 4 is 23.5 Å². The van der Waals surface area contributed by atoms with Gasteiger partial charge >= 0.3 is 6.18 Å². The molecule has 1 saturated heterocycles. The lowest BCUT2D eigenvalue weighted by Crippen LogP contribution is -2.58. The molecule has 3 N–H and O–H groups in total. The number of nitrogens with zero attached hydrogens (tertiary/aromatic N) is 4. The largest absolute Gasteiger partial charge is 0.417 e. The number of pyridine rings is 2. The van der Waals surface area contributed by atoms with Crippen molar-refractivity contribution in [1.82, 2.24) is 14.9 Å². The standard InChI is InChI=1S/C24H27F5N6O/c1-14-9-23(25,26)13-35(19(14)12-33-20-8-7-16(10-32-20)24(27,28)29)22(36)21(30)17(11-31-3)18-6-4-5-15(2)34-18/h4-8,10-11,14,19H,9,12-13,30H2,1-3H3,(H,32,33)/t14-,19?/m1/s1. The molecule has 2 atom stereocenters. The van der Waals surface area contributed by atoms with Crippen molar-refractivity contribution in [2.45, 2.75) is 38.4 Å². The van der Waals surface area contributed by atoms with Gasteiger partial charge in [-0.25, -0.2) is 13.8 Å². The smallest absolute Gasteiger partial charge is 0.394 e. The lowest BCUT2D eigenvalue weighted by Gasteiger charge is -2.43. The Labute approximate surface area is 205 Å². The maximum atomic E-state index is 14.5. The number of aliphatic imine (C=N–C) groups is 1. The Morgan fingerprint density at radius 1 is 1.31 bits per heavy atom. The Morgan fingerprint density at radius 2 is 2.03 bits per heavy atom. The maximum absolute atomic E-state index is 14.5. The van der Waals surface area contributed by atoms with E-state index in [0.717, 1.165) is 17.0 Å². The van der Waals surface area contributed by atoms with Gasteiger partial charge in [-0.3, -0.25) is 14.8 Å². The number of alkyl halides is 5. The van der Waals surface area contributed by atoms with E-state index in [0.29, 0.717) is 17.6 Å². The highest BCUT2D eigenvalue weighted by Gasteiger charge is 2.46. The minimum Gasteiger partial charge on any atom is -0.394 e. The van der Waals surface area contributed by atoms with Crippen molar-refractivity contribution in [2.24, 2.45) is 16.6 Å². The van der Waals surface area contributed by atoms with Crippen LogP contribution in [0.15, 0.2) is 47.2 Å². The minimum absolute atomic E-state index is 0.0193. The number of hydrogen-bond acceptors (Lipinski definition) is 6. The van der Waals surface area contributed by atoms with E-state index in [1.54, 1.807) is 32.0 Å². The van der Waals surface area contributed by atoms with E-state index in [1.165, 1.54) is 13.3 Å². The van der Waals surface area contributed by atoms with Crippen molar-refractivity contribution in [3.63, 3.8) is 0 Å². The molecule has 1 amide bonds. The van der Waals surface area contributed by atoms with Crippen molar-refractivity contribution in [3.8, 4) is 0 Å². The fourth-order valence-electron chi connectivity index (χ4n) is 4.12. The summed E-state index contributed by atoms with van der Waals surface area (Å²) in [7, 11) is 1.48. The number of halogens is 5. The number of hydrogen-bond donors (Lipinski definition) is 2. The molecule has 0 radical (unpaired) electrons. The second-order valence-electron chi connectivity index (χ2n) is 8.73. The molecule has 1 unspecified atom stereocenters. The van der Waals surface area contributed by atoms with Crippen molar-refractivity contribution in [1.29, 1.82) is 0 Å². The number of piperidine rings is 1. The number of amides is 1. The number of rotatable bonds is 6. The molecule has 0 spiro atoms. The number of anilines is 1. The molecule has 194 valence electrons. The number of nitrogens with one attached hydrogen (secondary N) is 1. The third kappa shape index (κ3) is 6.35. The van der Waals surface area contributed by atoms with E-state index in [9.17, 15) is 26.7 Å². The molecule has 1 aliphatic rings. The molecule has 0 aliphatic carbocycles. The first kappa shape index (κ1) is 27.0. The molecule has 1 aliphatic heterocycles. The van der Waals surface area contributed by atoms with Gasteiger partial charge in [-0.1, -0.05) is 13.0 Å². The van der Waals surface area contributed by atoms with Crippen LogP contribution in [0.5, 0.6) is 0 Å². The predicted molar refractivity (Wildman–Crippen MR) is 126 cm³/mol. The van der Waals surface area contributed by atoms with E-state index >= 15 is 0 Å². The molecule has 12 heteroatoms. The summed E-state index contributed by atoms with van der Waals surface area (Å²) in [5.41, 5.74) is 6.22. The number of carbonyl (C=O) groups excluding carboxylic acids is 1. The van der Waals surface area contributed by atoms with Crippen LogP contribution in [0, 0.1) is 12.8 Å². The molecule has 3 rings (SSSR count). The van der Waals surface area contributed by atoms with E-state index in [2.05, 4.69) is 20.3 Å². The third-order valence-corrected chi connectivity index (χ3v) is 5.87. The molecular formula is C24H27F5N6O. The van der Waals surface area contributed by atoms with Gasteiger partial charge in [0, 0.05) is 43.7 Å². The number of likely N-dealkylation sites (tertiary alicyclic amines) is 1. The summed E-state index contributed by atoms with van der Waals surface area (Å²) in [5.74, 6) is -4.48. The molecule has 3 heterocycles. The van der Waals surface area contributed by atoms with E-state index < -0.39 is 48.5 Å². The first-order chi connectivity index (χ1) is 16.8. The molecule has 2 aromatic rings. The normalized spacial score (nSPS) is 20.8. The Morgan fingerprint density at radius 3 is 2.61 bits per heavy atom. The number of allylic oxidation sites excluding steroid dienone is 1. The number of carbonyl (C=O) groups is 1. The molecule has 0 saturated carbocycles. The Bertz CT molecular complexity index is 1150. The summed E-state index contributed by atoms with van der Waals surface area (Å²) in [5, 5.41) is 2.86. The van der Waals surface area contributed by atoms with Crippen molar-refractivity contribution < 1.29 is 26.7 Å².